The van der Waals surface area contributed by atoms with Gasteiger partial charge in [0.2, 0.25) is 0 Å². The van der Waals surface area contributed by atoms with Crippen LogP contribution in [0.5, 0.6) is 0 Å². The van der Waals surface area contributed by atoms with E-state index in [1.807, 2.05) is 25.1 Å². The number of aryl methyl sites for hydroxylation is 1. The van der Waals surface area contributed by atoms with Gasteiger partial charge in [0.1, 0.15) is 0 Å². The SMILES string of the molecule is CCc1ccc(C(=O)COC(=O)c2ccc(NC(=O)c3ccccc3)cc2)cc1. The number of esters is 1. The number of anilines is 1. The summed E-state index contributed by atoms with van der Waals surface area (Å²) in [5.74, 6) is -1.09. The molecule has 146 valence electrons. The number of ketones is 1. The van der Waals surface area contributed by atoms with Crippen molar-refractivity contribution in [3.05, 3.63) is 101 Å². The van der Waals surface area contributed by atoms with E-state index in [-0.39, 0.29) is 18.3 Å². The zero-order valence-electron chi connectivity index (χ0n) is 16.1. The zero-order chi connectivity index (χ0) is 20.6. The Morgan fingerprint density at radius 1 is 0.759 bits per heavy atom. The van der Waals surface area contributed by atoms with E-state index in [1.54, 1.807) is 60.7 Å². The molecular weight excluding hydrogens is 366 g/mol. The number of ether oxygens (including phenoxy) is 1. The van der Waals surface area contributed by atoms with Crippen molar-refractivity contribution in [3.63, 3.8) is 0 Å². The molecule has 1 N–H and O–H groups in total. The molecule has 3 aromatic carbocycles. The van der Waals surface area contributed by atoms with Gasteiger partial charge in [-0.3, -0.25) is 9.59 Å². The summed E-state index contributed by atoms with van der Waals surface area (Å²) < 4.78 is 5.12. The van der Waals surface area contributed by atoms with Gasteiger partial charge in [-0.1, -0.05) is 49.4 Å². The number of hydrogen-bond donors (Lipinski definition) is 1. The van der Waals surface area contributed by atoms with Crippen molar-refractivity contribution in [1.82, 2.24) is 0 Å². The van der Waals surface area contributed by atoms with Crippen molar-refractivity contribution in [2.45, 2.75) is 13.3 Å². The van der Waals surface area contributed by atoms with E-state index < -0.39 is 5.97 Å². The summed E-state index contributed by atoms with van der Waals surface area (Å²) in [4.78, 5) is 36.5. The van der Waals surface area contributed by atoms with Crippen molar-refractivity contribution in [2.24, 2.45) is 0 Å². The van der Waals surface area contributed by atoms with E-state index in [1.165, 1.54) is 0 Å². The minimum atomic E-state index is -0.593. The van der Waals surface area contributed by atoms with Crippen LogP contribution in [0.15, 0.2) is 78.9 Å². The van der Waals surface area contributed by atoms with Gasteiger partial charge in [-0.05, 0) is 48.4 Å². The van der Waals surface area contributed by atoms with Gasteiger partial charge in [-0.2, -0.15) is 0 Å². The number of carbonyl (C=O) groups excluding carboxylic acids is 3. The number of nitrogens with one attached hydrogen (secondary N) is 1. The molecule has 0 aliphatic heterocycles. The summed E-state index contributed by atoms with van der Waals surface area (Å²) in [6.07, 6.45) is 0.894. The fourth-order valence-corrected chi connectivity index (χ4v) is 2.71. The lowest BCUT2D eigenvalue weighted by Gasteiger charge is -2.07. The molecule has 0 heterocycles. The van der Waals surface area contributed by atoms with Crippen molar-refractivity contribution in [3.8, 4) is 0 Å². The molecule has 0 unspecified atom stereocenters. The Morgan fingerprint density at radius 3 is 2.00 bits per heavy atom. The topological polar surface area (TPSA) is 72.5 Å². The number of rotatable bonds is 7. The molecule has 0 atom stereocenters. The highest BCUT2D eigenvalue weighted by molar-refractivity contribution is 6.04. The van der Waals surface area contributed by atoms with Gasteiger partial charge in [0.05, 0.1) is 5.56 Å². The van der Waals surface area contributed by atoms with E-state index in [2.05, 4.69) is 5.32 Å². The van der Waals surface area contributed by atoms with E-state index in [0.29, 0.717) is 22.4 Å². The number of benzene rings is 3. The molecule has 0 saturated carbocycles. The number of Topliss-reactive ketones (excluding diaryl/α,β-unsaturated/α-hetero) is 1. The van der Waals surface area contributed by atoms with Gasteiger partial charge in [0.15, 0.2) is 12.4 Å². The van der Waals surface area contributed by atoms with Gasteiger partial charge >= 0.3 is 5.97 Å². The van der Waals surface area contributed by atoms with Crippen LogP contribution < -0.4 is 5.32 Å². The van der Waals surface area contributed by atoms with Gasteiger partial charge in [0, 0.05) is 16.8 Å². The quantitative estimate of drug-likeness (QED) is 0.477. The van der Waals surface area contributed by atoms with Crippen LogP contribution >= 0.6 is 0 Å². The molecule has 0 aromatic heterocycles. The van der Waals surface area contributed by atoms with Crippen LogP contribution in [0, 0.1) is 0 Å². The third-order valence-electron chi connectivity index (χ3n) is 4.43. The Bertz CT molecular complexity index is 993. The van der Waals surface area contributed by atoms with Crippen LogP contribution in [-0.4, -0.2) is 24.3 Å². The van der Waals surface area contributed by atoms with Crippen molar-refractivity contribution >= 4 is 23.3 Å². The first-order valence-electron chi connectivity index (χ1n) is 9.32. The van der Waals surface area contributed by atoms with Crippen LogP contribution in [0.4, 0.5) is 5.69 Å². The van der Waals surface area contributed by atoms with Crippen LogP contribution in [0.3, 0.4) is 0 Å². The van der Waals surface area contributed by atoms with E-state index in [0.717, 1.165) is 12.0 Å². The second-order valence-corrected chi connectivity index (χ2v) is 6.45. The van der Waals surface area contributed by atoms with Crippen LogP contribution in [0.1, 0.15) is 43.6 Å². The Morgan fingerprint density at radius 2 is 1.38 bits per heavy atom. The first-order valence-corrected chi connectivity index (χ1v) is 9.32. The van der Waals surface area contributed by atoms with Crippen molar-refractivity contribution < 1.29 is 19.1 Å². The molecule has 29 heavy (non-hydrogen) atoms. The van der Waals surface area contributed by atoms with E-state index in [9.17, 15) is 14.4 Å². The summed E-state index contributed by atoms with van der Waals surface area (Å²) in [7, 11) is 0. The maximum absolute atomic E-state index is 12.2. The van der Waals surface area contributed by atoms with Crippen molar-refractivity contribution in [2.75, 3.05) is 11.9 Å². The lowest BCUT2D eigenvalue weighted by molar-refractivity contribution is 0.0475. The Kier molecular flexibility index (Phi) is 6.53. The average molecular weight is 387 g/mol. The standard InChI is InChI=1S/C24H21NO4/c1-2-17-8-10-18(11-9-17)22(26)16-29-24(28)20-12-14-21(15-13-20)25-23(27)19-6-4-3-5-7-19/h3-15H,2,16H2,1H3,(H,25,27). The minimum Gasteiger partial charge on any atom is -0.454 e. The maximum Gasteiger partial charge on any atom is 0.338 e. The second-order valence-electron chi connectivity index (χ2n) is 6.45. The van der Waals surface area contributed by atoms with Crippen LogP contribution in [-0.2, 0) is 11.2 Å². The van der Waals surface area contributed by atoms with Gasteiger partial charge < -0.3 is 10.1 Å². The zero-order valence-corrected chi connectivity index (χ0v) is 16.1. The molecule has 0 bridgehead atoms. The van der Waals surface area contributed by atoms with Gasteiger partial charge in [0.25, 0.3) is 5.91 Å². The highest BCUT2D eigenvalue weighted by atomic mass is 16.5. The molecule has 0 spiro atoms. The lowest BCUT2D eigenvalue weighted by atomic mass is 10.1. The summed E-state index contributed by atoms with van der Waals surface area (Å²) in [6, 6.07) is 22.4. The summed E-state index contributed by atoms with van der Waals surface area (Å²) in [5.41, 5.74) is 3.05. The number of hydrogen-bond acceptors (Lipinski definition) is 4. The molecule has 3 aromatic rings. The molecule has 0 radical (unpaired) electrons. The molecule has 0 fully saturated rings. The predicted octanol–water partition coefficient (Wildman–Crippen LogP) is 4.54. The number of carbonyl (C=O) groups is 3. The van der Waals surface area contributed by atoms with Crippen LogP contribution in [0.2, 0.25) is 0 Å². The molecule has 0 aliphatic carbocycles. The summed E-state index contributed by atoms with van der Waals surface area (Å²) >= 11 is 0. The minimum absolute atomic E-state index is 0.236. The average Bonchev–Trinajstić information content (AvgIpc) is 2.78. The van der Waals surface area contributed by atoms with E-state index >= 15 is 0 Å². The highest BCUT2D eigenvalue weighted by Gasteiger charge is 2.12. The molecule has 5 heteroatoms. The molecule has 0 saturated heterocycles. The molecule has 5 nitrogen and oxygen atoms in total. The fraction of sp³-hybridized carbons (Fsp3) is 0.125. The maximum atomic E-state index is 12.2. The number of amides is 1. The molecular formula is C24H21NO4. The molecule has 1 amide bonds. The smallest absolute Gasteiger partial charge is 0.338 e. The Hall–Kier alpha value is -3.73. The van der Waals surface area contributed by atoms with Crippen LogP contribution in [0.25, 0.3) is 0 Å². The predicted molar refractivity (Wildman–Crippen MR) is 111 cm³/mol. The lowest BCUT2D eigenvalue weighted by Crippen LogP contribution is -2.15. The monoisotopic (exact) mass is 387 g/mol. The first-order chi connectivity index (χ1) is 14.1. The first kappa shape index (κ1) is 20.0. The van der Waals surface area contributed by atoms with E-state index in [4.69, 9.17) is 4.74 Å². The second kappa shape index (κ2) is 9.46. The highest BCUT2D eigenvalue weighted by Crippen LogP contribution is 2.13. The van der Waals surface area contributed by atoms with Crippen molar-refractivity contribution in [1.29, 1.82) is 0 Å². The summed E-state index contributed by atoms with van der Waals surface area (Å²) in [6.45, 7) is 1.72. The Balaban J connectivity index is 1.54. The molecule has 3 rings (SSSR count). The van der Waals surface area contributed by atoms with Gasteiger partial charge in [-0.25, -0.2) is 4.79 Å². The Labute approximate surface area is 169 Å². The summed E-state index contributed by atoms with van der Waals surface area (Å²) in [5, 5.41) is 2.76. The third-order valence-corrected chi connectivity index (χ3v) is 4.43. The largest absolute Gasteiger partial charge is 0.454 e. The molecule has 0 aliphatic rings. The normalized spacial score (nSPS) is 10.2. The fourth-order valence-electron chi connectivity index (χ4n) is 2.71. The van der Waals surface area contributed by atoms with Gasteiger partial charge in [-0.15, -0.1) is 0 Å². The third kappa shape index (κ3) is 5.39.